The number of carboxylic acids is 1. The van der Waals surface area contributed by atoms with E-state index in [0.29, 0.717) is 43.3 Å². The second-order valence-corrected chi connectivity index (χ2v) is 20.5. The summed E-state index contributed by atoms with van der Waals surface area (Å²) in [6.45, 7) is -2.31. The molecule has 29 nitrogen and oxygen atoms in total. The maximum Gasteiger partial charge on any atom is 0.335 e. The minimum atomic E-state index is -3.91. The summed E-state index contributed by atoms with van der Waals surface area (Å²) < 4.78 is 75.6. The third-order valence-corrected chi connectivity index (χ3v) is 14.8. The number of rotatable bonds is 23. The number of fused-ring (bicyclic) bond motifs is 1. The molecule has 0 unspecified atom stereocenters. The first kappa shape index (κ1) is 58.9. The molecule has 3 aromatic rings. The molecular formula is C45H67N5O24S. The molecule has 0 saturated carbocycles. The number of hydrogen-bond donors (Lipinski definition) is 14. The highest BCUT2D eigenvalue weighted by molar-refractivity contribution is 7.89. The molecule has 0 bridgehead atoms. The van der Waals surface area contributed by atoms with E-state index < -0.39 is 159 Å². The van der Waals surface area contributed by atoms with Gasteiger partial charge in [-0.05, 0) is 25.0 Å². The maximum atomic E-state index is 13.4. The highest BCUT2D eigenvalue weighted by Crippen LogP contribution is 2.35. The highest BCUT2D eigenvalue weighted by Gasteiger charge is 2.56. The first-order valence-electron chi connectivity index (χ1n) is 24.2. The number of sulfonamides is 1. The van der Waals surface area contributed by atoms with Crippen molar-refractivity contribution in [3.63, 3.8) is 0 Å². The first-order chi connectivity index (χ1) is 35.7. The first-order valence-corrected chi connectivity index (χ1v) is 25.6. The summed E-state index contributed by atoms with van der Waals surface area (Å²) in [5, 5.41) is 147. The molecule has 4 saturated heterocycles. The number of aliphatic carboxylic acids is 1. The zero-order chi connectivity index (χ0) is 54.5. The molecule has 422 valence electrons. The number of nitrogens with zero attached hydrogens (tertiary/aromatic N) is 4. The quantitative estimate of drug-likeness (QED) is 0.0393. The van der Waals surface area contributed by atoms with Crippen molar-refractivity contribution in [2.45, 2.75) is 166 Å². The Morgan fingerprint density at radius 3 is 1.69 bits per heavy atom. The van der Waals surface area contributed by atoms with Crippen molar-refractivity contribution in [1.82, 2.24) is 19.7 Å². The Balaban J connectivity index is 0.898. The molecule has 0 radical (unpaired) electrons. The van der Waals surface area contributed by atoms with Crippen molar-refractivity contribution in [3.8, 4) is 0 Å². The van der Waals surface area contributed by atoms with Crippen LogP contribution in [0.3, 0.4) is 0 Å². The molecule has 0 aliphatic carbocycles. The van der Waals surface area contributed by atoms with Crippen molar-refractivity contribution < 1.29 is 117 Å². The van der Waals surface area contributed by atoms with Gasteiger partial charge in [0.1, 0.15) is 91.6 Å². The number of aromatic nitrogens is 3. The molecule has 4 aliphatic rings. The van der Waals surface area contributed by atoms with Gasteiger partial charge in [-0.15, -0.1) is 5.10 Å². The highest BCUT2D eigenvalue weighted by atomic mass is 32.2. The van der Waals surface area contributed by atoms with Gasteiger partial charge in [-0.25, -0.2) is 17.9 Å². The van der Waals surface area contributed by atoms with E-state index in [2.05, 4.69) is 15.0 Å². The smallest absolute Gasteiger partial charge is 0.335 e. The lowest BCUT2D eigenvalue weighted by Crippen LogP contribution is -2.68. The Morgan fingerprint density at radius 2 is 1.15 bits per heavy atom. The molecule has 75 heavy (non-hydrogen) atoms. The number of aliphatic hydroxyl groups excluding tert-OH is 12. The van der Waals surface area contributed by atoms with Gasteiger partial charge in [0.05, 0.1) is 37.0 Å². The van der Waals surface area contributed by atoms with Crippen LogP contribution in [0.4, 0.5) is 5.69 Å². The molecule has 1 aromatic heterocycles. The van der Waals surface area contributed by atoms with Crippen LogP contribution in [-0.4, -0.2) is 259 Å². The van der Waals surface area contributed by atoms with Crippen LogP contribution in [0.15, 0.2) is 47.5 Å². The van der Waals surface area contributed by atoms with Crippen LogP contribution < -0.4 is 9.62 Å². The Bertz CT molecular complexity index is 2430. The van der Waals surface area contributed by atoms with E-state index in [9.17, 15) is 79.6 Å². The standard InChI is InChI=1S/C45H67N5O24S/c1-49(2)23-11-7-10-22-21(23)9-8-12-27(22)75(65,66)46-15-20-16-50(48-47-20)13-5-3-4-6-14-67-42-34(60)37(28(54)24(17-51)68-42)72-44-36(62)39(30(56)26(19-53)69-44)73-45-35(61)38(29(55)25(18-52)70-45)71-43-33(59)31(57)32(58)40(74-43)41(63)64/h7-12,16,24-26,28-40,42-46,51-62H,3-6,13-15,17-19H2,1-2H3,(H,63,64)/t24-,25-,26-,28+,29+,30-,31+,32+,33-,34-,35-,36+,37+,38+,39+,40+,42-,43-,44-,45-/m1/s1. The average molecular weight is 1090 g/mol. The van der Waals surface area contributed by atoms with E-state index in [1.807, 2.05) is 31.1 Å². The number of benzene rings is 2. The molecule has 0 amide bonds. The summed E-state index contributed by atoms with van der Waals surface area (Å²) in [5.74, 6) is -1.76. The summed E-state index contributed by atoms with van der Waals surface area (Å²) in [4.78, 5) is 13.7. The summed E-state index contributed by atoms with van der Waals surface area (Å²) in [6.07, 6.45) is -34.2. The summed E-state index contributed by atoms with van der Waals surface area (Å²) in [5.41, 5.74) is 1.29. The van der Waals surface area contributed by atoms with Gasteiger partial charge in [0, 0.05) is 49.9 Å². The Kier molecular flexibility index (Phi) is 20.3. The predicted octanol–water partition coefficient (Wildman–Crippen LogP) is -6.08. The molecule has 5 heterocycles. The summed E-state index contributed by atoms with van der Waals surface area (Å²) in [7, 11) is -0.150. The van der Waals surface area contributed by atoms with Gasteiger partial charge in [-0.3, -0.25) is 4.68 Å². The summed E-state index contributed by atoms with van der Waals surface area (Å²) >= 11 is 0. The van der Waals surface area contributed by atoms with E-state index in [1.165, 1.54) is 0 Å². The minimum Gasteiger partial charge on any atom is -0.479 e. The lowest BCUT2D eigenvalue weighted by molar-refractivity contribution is -0.389. The Labute approximate surface area is 428 Å². The van der Waals surface area contributed by atoms with E-state index in [-0.39, 0.29) is 18.0 Å². The second kappa shape index (κ2) is 25.8. The van der Waals surface area contributed by atoms with Crippen LogP contribution in [0.25, 0.3) is 10.8 Å². The zero-order valence-electron chi connectivity index (χ0n) is 40.7. The molecule has 30 heteroatoms. The minimum absolute atomic E-state index is 0.0210. The number of aryl methyl sites for hydroxylation is 1. The third kappa shape index (κ3) is 13.2. The fourth-order valence-electron chi connectivity index (χ4n) is 9.23. The molecule has 14 N–H and O–H groups in total. The van der Waals surface area contributed by atoms with E-state index in [4.69, 9.17) is 37.9 Å². The second-order valence-electron chi connectivity index (χ2n) is 18.8. The molecule has 7 rings (SSSR count). The van der Waals surface area contributed by atoms with Gasteiger partial charge in [0.15, 0.2) is 31.3 Å². The monoisotopic (exact) mass is 1090 g/mol. The van der Waals surface area contributed by atoms with Crippen LogP contribution in [0, 0.1) is 0 Å². The molecule has 20 atom stereocenters. The van der Waals surface area contributed by atoms with Crippen LogP contribution in [0.2, 0.25) is 0 Å². The van der Waals surface area contributed by atoms with Crippen LogP contribution in [-0.2, 0) is 65.8 Å². The third-order valence-electron chi connectivity index (χ3n) is 13.4. The van der Waals surface area contributed by atoms with Crippen molar-refractivity contribution in [2.24, 2.45) is 0 Å². The zero-order valence-corrected chi connectivity index (χ0v) is 41.5. The SMILES string of the molecule is CN(C)c1cccc2c(S(=O)(=O)NCc3cn(CCCCCCO[C@@H]4O[C@H](CO)[C@H](O)[C@H](O[C@H]5O[C@H](CO)[C@@H](O)[C@H](O[C@H]6O[C@H](CO)[C@H](O)[C@H](O[C@@H]7O[C@H](C(=O)O)[C@@H](O)[C@H](O)[C@H]7O)[C@H]6O)[C@@H]5O)[C@H]4O)nn3)cccc12. The van der Waals surface area contributed by atoms with Gasteiger partial charge in [-0.1, -0.05) is 42.3 Å². The van der Waals surface area contributed by atoms with Crippen molar-refractivity contribution in [1.29, 1.82) is 0 Å². The number of unbranched alkanes of at least 4 members (excludes halogenated alkanes) is 3. The van der Waals surface area contributed by atoms with E-state index in [0.717, 1.165) is 11.1 Å². The fourth-order valence-corrected chi connectivity index (χ4v) is 10.4. The van der Waals surface area contributed by atoms with Gasteiger partial charge in [0.2, 0.25) is 10.0 Å². The van der Waals surface area contributed by atoms with Gasteiger partial charge < -0.3 is 109 Å². The molecule has 4 aliphatic heterocycles. The average Bonchev–Trinajstić information content (AvgIpc) is 3.85. The van der Waals surface area contributed by atoms with Crippen LogP contribution in [0.1, 0.15) is 31.4 Å². The van der Waals surface area contributed by atoms with Gasteiger partial charge in [-0.2, -0.15) is 0 Å². The fraction of sp³-hybridized carbons (Fsp3) is 0.711. The number of carbonyl (C=O) groups is 1. The van der Waals surface area contributed by atoms with E-state index >= 15 is 0 Å². The number of aliphatic hydroxyl groups is 12. The molecule has 4 fully saturated rings. The van der Waals surface area contributed by atoms with E-state index in [1.54, 1.807) is 35.1 Å². The van der Waals surface area contributed by atoms with Crippen LogP contribution in [0.5, 0.6) is 0 Å². The van der Waals surface area contributed by atoms with Crippen molar-refractivity contribution in [2.75, 3.05) is 45.4 Å². The predicted molar refractivity (Wildman–Crippen MR) is 249 cm³/mol. The topological polar surface area (TPSA) is 434 Å². The summed E-state index contributed by atoms with van der Waals surface area (Å²) in [6, 6.07) is 10.6. The molecule has 0 spiro atoms. The number of carboxylic acid groups (broad SMARTS) is 1. The van der Waals surface area contributed by atoms with Gasteiger partial charge >= 0.3 is 5.97 Å². The largest absolute Gasteiger partial charge is 0.479 e. The number of anilines is 1. The Hall–Kier alpha value is -3.78. The number of nitrogens with one attached hydrogen (secondary N) is 1. The van der Waals surface area contributed by atoms with Crippen molar-refractivity contribution >= 4 is 32.5 Å². The molecular weight excluding hydrogens is 1030 g/mol. The number of ether oxygens (including phenoxy) is 8. The normalized spacial score (nSPS) is 36.7. The van der Waals surface area contributed by atoms with Crippen LogP contribution >= 0.6 is 0 Å². The Morgan fingerprint density at radius 1 is 0.640 bits per heavy atom. The number of hydrogen-bond acceptors (Lipinski definition) is 26. The van der Waals surface area contributed by atoms with Crippen molar-refractivity contribution in [3.05, 3.63) is 48.3 Å². The maximum absolute atomic E-state index is 13.4. The molecule has 2 aromatic carbocycles. The van der Waals surface area contributed by atoms with Gasteiger partial charge in [0.25, 0.3) is 0 Å². The lowest BCUT2D eigenvalue weighted by Gasteiger charge is -2.49. The lowest BCUT2D eigenvalue weighted by atomic mass is 9.95.